The molecule has 1 aromatic rings. The van der Waals surface area contributed by atoms with Crippen molar-refractivity contribution in [1.29, 1.82) is 0 Å². The largest absolute Gasteiger partial charge is 0.304 e. The minimum atomic E-state index is -3.41. The van der Waals surface area contributed by atoms with E-state index >= 15 is 0 Å². The van der Waals surface area contributed by atoms with E-state index in [-0.39, 0.29) is 6.04 Å². The number of benzene rings is 1. The fourth-order valence-corrected chi connectivity index (χ4v) is 3.32. The summed E-state index contributed by atoms with van der Waals surface area (Å²) in [6.45, 7) is 6.33. The number of nitrogens with zero attached hydrogens (tertiary/aromatic N) is 3. The summed E-state index contributed by atoms with van der Waals surface area (Å²) in [5.41, 5.74) is 2.36. The van der Waals surface area contributed by atoms with Gasteiger partial charge >= 0.3 is 0 Å². The summed E-state index contributed by atoms with van der Waals surface area (Å²) in [5.74, 6) is 0. The molecule has 6 nitrogen and oxygen atoms in total. The zero-order valence-electron chi connectivity index (χ0n) is 14.5. The number of hydrogen-bond donors (Lipinski definition) is 1. The molecule has 0 spiro atoms. The Hall–Kier alpha value is -0.990. The van der Waals surface area contributed by atoms with Crippen LogP contribution in [0.5, 0.6) is 0 Å². The van der Waals surface area contributed by atoms with Crippen LogP contribution in [0.3, 0.4) is 0 Å². The van der Waals surface area contributed by atoms with Crippen molar-refractivity contribution < 1.29 is 8.42 Å². The molecule has 7 heteroatoms. The fourth-order valence-electron chi connectivity index (χ4n) is 2.69. The molecule has 1 heterocycles. The number of hydrogen-bond acceptors (Lipinski definition) is 4. The Bertz CT molecular complexity index is 593. The van der Waals surface area contributed by atoms with Gasteiger partial charge in [-0.1, -0.05) is 29.8 Å². The third kappa shape index (κ3) is 4.99. The molecule has 23 heavy (non-hydrogen) atoms. The predicted molar refractivity (Wildman–Crippen MR) is 93.6 cm³/mol. The summed E-state index contributed by atoms with van der Waals surface area (Å²) in [4.78, 5) is 4.66. The molecule has 0 aromatic heterocycles. The first kappa shape index (κ1) is 18.4. The quantitative estimate of drug-likeness (QED) is 0.827. The Balaban J connectivity index is 2.16. The molecule has 1 N–H and O–H groups in total. The minimum Gasteiger partial charge on any atom is -0.304 e. The van der Waals surface area contributed by atoms with Gasteiger partial charge in [-0.05, 0) is 19.5 Å². The van der Waals surface area contributed by atoms with Crippen molar-refractivity contribution in [2.75, 3.05) is 53.9 Å². The molecule has 1 saturated heterocycles. The second kappa shape index (κ2) is 7.72. The van der Waals surface area contributed by atoms with Crippen LogP contribution in [0.2, 0.25) is 0 Å². The summed E-state index contributed by atoms with van der Waals surface area (Å²) in [7, 11) is 1.79. The average molecular weight is 340 g/mol. The molecule has 1 aromatic carbocycles. The van der Waals surface area contributed by atoms with Gasteiger partial charge in [-0.2, -0.15) is 12.7 Å². The molecule has 130 valence electrons. The van der Waals surface area contributed by atoms with Gasteiger partial charge in [-0.25, -0.2) is 4.72 Å². The summed E-state index contributed by atoms with van der Waals surface area (Å²) >= 11 is 0. The minimum absolute atomic E-state index is 0.0547. The van der Waals surface area contributed by atoms with Gasteiger partial charge in [0.05, 0.1) is 0 Å². The summed E-state index contributed by atoms with van der Waals surface area (Å²) in [5, 5.41) is 0. The van der Waals surface area contributed by atoms with Crippen LogP contribution in [-0.2, 0) is 10.2 Å². The predicted octanol–water partition coefficient (Wildman–Crippen LogP) is 0.680. The maximum atomic E-state index is 12.0. The molecular weight excluding hydrogens is 312 g/mol. The molecule has 1 aliphatic heterocycles. The lowest BCUT2D eigenvalue weighted by atomic mass is 10.0. The van der Waals surface area contributed by atoms with Crippen LogP contribution in [0.25, 0.3) is 0 Å². The van der Waals surface area contributed by atoms with Crippen LogP contribution in [0.1, 0.15) is 17.2 Å². The molecule has 1 unspecified atom stereocenters. The second-order valence-electron chi connectivity index (χ2n) is 6.40. The first-order chi connectivity index (χ1) is 10.8. The van der Waals surface area contributed by atoms with E-state index in [0.717, 1.165) is 31.7 Å². The molecule has 1 fully saturated rings. The van der Waals surface area contributed by atoms with Crippen LogP contribution in [0.15, 0.2) is 24.3 Å². The van der Waals surface area contributed by atoms with Gasteiger partial charge in [-0.15, -0.1) is 0 Å². The lowest BCUT2D eigenvalue weighted by Gasteiger charge is -2.38. The van der Waals surface area contributed by atoms with Crippen molar-refractivity contribution in [1.82, 2.24) is 18.8 Å². The molecular formula is C16H28N4O2S. The Morgan fingerprint density at radius 1 is 1.13 bits per heavy atom. The topological polar surface area (TPSA) is 55.9 Å². The third-order valence-corrected chi connectivity index (χ3v) is 5.87. The highest BCUT2D eigenvalue weighted by Crippen LogP contribution is 2.22. The van der Waals surface area contributed by atoms with Gasteiger partial charge in [0.1, 0.15) is 0 Å². The summed E-state index contributed by atoms with van der Waals surface area (Å²) in [6.07, 6.45) is 0. The van der Waals surface area contributed by atoms with Gasteiger partial charge < -0.3 is 4.90 Å². The molecule has 1 atom stereocenters. The monoisotopic (exact) mass is 340 g/mol. The van der Waals surface area contributed by atoms with E-state index in [1.165, 1.54) is 9.87 Å². The SMILES string of the molecule is Cc1ccc(C(CNS(=O)(=O)N(C)C)N2CCN(C)CC2)cc1. The highest BCUT2D eigenvalue weighted by atomic mass is 32.2. The van der Waals surface area contributed by atoms with E-state index in [0.29, 0.717) is 6.54 Å². The number of likely N-dealkylation sites (N-methyl/N-ethyl adjacent to an activating group) is 1. The maximum Gasteiger partial charge on any atom is 0.278 e. The van der Waals surface area contributed by atoms with E-state index in [9.17, 15) is 8.42 Å². The fraction of sp³-hybridized carbons (Fsp3) is 0.625. The molecule has 0 bridgehead atoms. The molecule has 0 aliphatic carbocycles. The number of rotatable bonds is 6. The Morgan fingerprint density at radius 3 is 2.22 bits per heavy atom. The van der Waals surface area contributed by atoms with Crippen LogP contribution in [0.4, 0.5) is 0 Å². The van der Waals surface area contributed by atoms with E-state index in [2.05, 4.69) is 52.8 Å². The number of aryl methyl sites for hydroxylation is 1. The highest BCUT2D eigenvalue weighted by molar-refractivity contribution is 7.87. The lowest BCUT2D eigenvalue weighted by molar-refractivity contribution is 0.112. The molecule has 2 rings (SSSR count). The van der Waals surface area contributed by atoms with E-state index < -0.39 is 10.2 Å². The maximum absolute atomic E-state index is 12.0. The van der Waals surface area contributed by atoms with Gasteiger partial charge in [-0.3, -0.25) is 4.90 Å². The Morgan fingerprint density at radius 2 is 1.70 bits per heavy atom. The van der Waals surface area contributed by atoms with E-state index in [1.807, 2.05) is 0 Å². The van der Waals surface area contributed by atoms with Crippen LogP contribution in [-0.4, -0.2) is 76.4 Å². The zero-order valence-corrected chi connectivity index (χ0v) is 15.3. The average Bonchev–Trinajstić information content (AvgIpc) is 2.50. The smallest absolute Gasteiger partial charge is 0.278 e. The van der Waals surface area contributed by atoms with Gasteiger partial charge in [0, 0.05) is 52.9 Å². The lowest BCUT2D eigenvalue weighted by Crippen LogP contribution is -2.49. The molecule has 1 aliphatic rings. The van der Waals surface area contributed by atoms with E-state index in [1.54, 1.807) is 14.1 Å². The standard InChI is InChI=1S/C16H28N4O2S/c1-14-5-7-15(8-6-14)16(13-17-23(21,22)18(2)3)20-11-9-19(4)10-12-20/h5-8,16-17H,9-13H2,1-4H3. The van der Waals surface area contributed by atoms with Gasteiger partial charge in [0.25, 0.3) is 10.2 Å². The van der Waals surface area contributed by atoms with Crippen LogP contribution < -0.4 is 4.72 Å². The van der Waals surface area contributed by atoms with Crippen LogP contribution in [0, 0.1) is 6.92 Å². The van der Waals surface area contributed by atoms with Crippen molar-refractivity contribution in [3.63, 3.8) is 0 Å². The Labute approximate surface area is 140 Å². The number of nitrogens with one attached hydrogen (secondary N) is 1. The van der Waals surface area contributed by atoms with Crippen molar-refractivity contribution in [2.24, 2.45) is 0 Å². The first-order valence-corrected chi connectivity index (χ1v) is 9.40. The normalized spacial score (nSPS) is 19.2. The van der Waals surface area contributed by atoms with Gasteiger partial charge in [0.2, 0.25) is 0 Å². The Kier molecular flexibility index (Phi) is 6.16. The third-order valence-electron chi connectivity index (χ3n) is 4.38. The zero-order chi connectivity index (χ0) is 17.0. The van der Waals surface area contributed by atoms with Gasteiger partial charge in [0.15, 0.2) is 0 Å². The highest BCUT2D eigenvalue weighted by Gasteiger charge is 2.25. The van der Waals surface area contributed by atoms with Crippen molar-refractivity contribution in [3.05, 3.63) is 35.4 Å². The van der Waals surface area contributed by atoms with Crippen LogP contribution >= 0.6 is 0 Å². The molecule has 0 radical (unpaired) electrons. The second-order valence-corrected chi connectivity index (χ2v) is 8.37. The summed E-state index contributed by atoms with van der Waals surface area (Å²) in [6, 6.07) is 8.42. The molecule has 0 saturated carbocycles. The van der Waals surface area contributed by atoms with Crippen molar-refractivity contribution >= 4 is 10.2 Å². The van der Waals surface area contributed by atoms with Crippen molar-refractivity contribution in [2.45, 2.75) is 13.0 Å². The number of piperazine rings is 1. The summed E-state index contributed by atoms with van der Waals surface area (Å²) < 4.78 is 28.0. The molecule has 0 amide bonds. The first-order valence-electron chi connectivity index (χ1n) is 7.96. The van der Waals surface area contributed by atoms with E-state index in [4.69, 9.17) is 0 Å². The van der Waals surface area contributed by atoms with Crippen molar-refractivity contribution in [3.8, 4) is 0 Å².